The van der Waals surface area contributed by atoms with Gasteiger partial charge in [0.1, 0.15) is 5.75 Å². The maximum atomic E-state index is 10.4. The molecule has 0 aliphatic heterocycles. The van der Waals surface area contributed by atoms with Crippen molar-refractivity contribution in [2.75, 3.05) is 33.4 Å². The highest BCUT2D eigenvalue weighted by Crippen LogP contribution is 2.19. The van der Waals surface area contributed by atoms with Crippen LogP contribution in [0.3, 0.4) is 0 Å². The highest BCUT2D eigenvalue weighted by Gasteiger charge is 2.16. The third kappa shape index (κ3) is 6.46. The zero-order valence-electron chi connectivity index (χ0n) is 13.7. The molecule has 0 spiro atoms. The third-order valence-electron chi connectivity index (χ3n) is 3.46. The minimum absolute atomic E-state index is 0.377. The first-order valence-electron chi connectivity index (χ1n) is 7.72. The highest BCUT2D eigenvalue weighted by atomic mass is 16.5. The van der Waals surface area contributed by atoms with Crippen molar-refractivity contribution in [3.8, 4) is 5.75 Å². The topological polar surface area (TPSA) is 41.9 Å². The lowest BCUT2D eigenvalue weighted by Gasteiger charge is -2.28. The molecule has 1 N–H and O–H groups in total. The lowest BCUT2D eigenvalue weighted by Crippen LogP contribution is -2.37. The van der Waals surface area contributed by atoms with Gasteiger partial charge < -0.3 is 14.6 Å². The van der Waals surface area contributed by atoms with E-state index in [0.29, 0.717) is 19.2 Å². The van der Waals surface area contributed by atoms with Crippen LogP contribution in [0.25, 0.3) is 0 Å². The lowest BCUT2D eigenvalue weighted by molar-refractivity contribution is 0.0721. The standard InChI is InChI=1S/C17H29NO3/c1-5-11-21-16-8-6-15(7-9-16)17(19)13-18(14(2)3)10-12-20-4/h6-9,14,17,19H,5,10-13H2,1-4H3. The fourth-order valence-corrected chi connectivity index (χ4v) is 2.10. The van der Waals surface area contributed by atoms with Crippen molar-refractivity contribution in [2.45, 2.75) is 39.3 Å². The molecule has 0 saturated heterocycles. The molecule has 21 heavy (non-hydrogen) atoms. The van der Waals surface area contributed by atoms with Crippen LogP contribution in [0.1, 0.15) is 38.9 Å². The van der Waals surface area contributed by atoms with E-state index in [0.717, 1.165) is 30.9 Å². The largest absolute Gasteiger partial charge is 0.494 e. The van der Waals surface area contributed by atoms with Crippen LogP contribution in [0.2, 0.25) is 0 Å². The molecule has 1 unspecified atom stereocenters. The van der Waals surface area contributed by atoms with E-state index in [2.05, 4.69) is 25.7 Å². The Balaban J connectivity index is 2.58. The van der Waals surface area contributed by atoms with E-state index in [4.69, 9.17) is 9.47 Å². The smallest absolute Gasteiger partial charge is 0.119 e. The molecule has 1 aromatic rings. The second-order valence-corrected chi connectivity index (χ2v) is 5.51. The Morgan fingerprint density at radius 2 is 1.81 bits per heavy atom. The van der Waals surface area contributed by atoms with E-state index in [1.165, 1.54) is 0 Å². The van der Waals surface area contributed by atoms with E-state index >= 15 is 0 Å². The van der Waals surface area contributed by atoms with Crippen molar-refractivity contribution < 1.29 is 14.6 Å². The predicted molar refractivity (Wildman–Crippen MR) is 85.8 cm³/mol. The van der Waals surface area contributed by atoms with Gasteiger partial charge >= 0.3 is 0 Å². The van der Waals surface area contributed by atoms with Crippen LogP contribution in [0.15, 0.2) is 24.3 Å². The predicted octanol–water partition coefficient (Wildman–Crippen LogP) is 2.87. The van der Waals surface area contributed by atoms with E-state index in [1.54, 1.807) is 7.11 Å². The number of ether oxygens (including phenoxy) is 2. The van der Waals surface area contributed by atoms with Crippen molar-refractivity contribution >= 4 is 0 Å². The summed E-state index contributed by atoms with van der Waals surface area (Å²) in [5, 5.41) is 10.4. The summed E-state index contributed by atoms with van der Waals surface area (Å²) in [7, 11) is 1.70. The number of methoxy groups -OCH3 is 1. The summed E-state index contributed by atoms with van der Waals surface area (Å²) in [4.78, 5) is 2.22. The van der Waals surface area contributed by atoms with Gasteiger partial charge in [0.05, 0.1) is 19.3 Å². The Labute approximate surface area is 128 Å². The Bertz CT molecular complexity index is 378. The zero-order valence-corrected chi connectivity index (χ0v) is 13.7. The zero-order chi connectivity index (χ0) is 15.7. The molecule has 1 rings (SSSR count). The second-order valence-electron chi connectivity index (χ2n) is 5.51. The molecule has 0 bridgehead atoms. The van der Waals surface area contributed by atoms with E-state index in [1.807, 2.05) is 24.3 Å². The average Bonchev–Trinajstić information content (AvgIpc) is 2.49. The molecule has 1 atom stereocenters. The van der Waals surface area contributed by atoms with Crippen molar-refractivity contribution in [1.29, 1.82) is 0 Å². The molecule has 120 valence electrons. The van der Waals surface area contributed by atoms with Crippen LogP contribution in [0, 0.1) is 0 Å². The van der Waals surface area contributed by atoms with Gasteiger partial charge in [-0.1, -0.05) is 19.1 Å². The molecule has 4 nitrogen and oxygen atoms in total. The fourth-order valence-electron chi connectivity index (χ4n) is 2.10. The first-order valence-corrected chi connectivity index (χ1v) is 7.72. The van der Waals surface area contributed by atoms with Gasteiger partial charge in [-0.15, -0.1) is 0 Å². The number of rotatable bonds is 10. The maximum absolute atomic E-state index is 10.4. The molecule has 0 aliphatic rings. The van der Waals surface area contributed by atoms with Crippen LogP contribution in [-0.2, 0) is 4.74 Å². The van der Waals surface area contributed by atoms with Crippen LogP contribution in [0.5, 0.6) is 5.75 Å². The molecule has 0 heterocycles. The number of hydrogen-bond acceptors (Lipinski definition) is 4. The molecule has 0 aliphatic carbocycles. The van der Waals surface area contributed by atoms with Gasteiger partial charge in [0, 0.05) is 26.2 Å². The average molecular weight is 295 g/mol. The normalized spacial score (nSPS) is 12.9. The van der Waals surface area contributed by atoms with E-state index < -0.39 is 6.10 Å². The molecule has 0 saturated carbocycles. The fraction of sp³-hybridized carbons (Fsp3) is 0.647. The van der Waals surface area contributed by atoms with Crippen LogP contribution in [-0.4, -0.2) is 49.5 Å². The molecule has 1 aromatic carbocycles. The highest BCUT2D eigenvalue weighted by molar-refractivity contribution is 5.28. The van der Waals surface area contributed by atoms with Crippen molar-refractivity contribution in [1.82, 2.24) is 4.90 Å². The lowest BCUT2D eigenvalue weighted by atomic mass is 10.1. The SMILES string of the molecule is CCCOc1ccc(C(O)CN(CCOC)C(C)C)cc1. The number of hydrogen-bond donors (Lipinski definition) is 1. The summed E-state index contributed by atoms with van der Waals surface area (Å²) < 4.78 is 10.7. The van der Waals surface area contributed by atoms with Gasteiger partial charge in [0.2, 0.25) is 0 Å². The summed E-state index contributed by atoms with van der Waals surface area (Å²) >= 11 is 0. The maximum Gasteiger partial charge on any atom is 0.119 e. The van der Waals surface area contributed by atoms with Gasteiger partial charge in [-0.25, -0.2) is 0 Å². The number of benzene rings is 1. The first-order chi connectivity index (χ1) is 10.1. The van der Waals surface area contributed by atoms with Crippen molar-refractivity contribution in [3.63, 3.8) is 0 Å². The minimum Gasteiger partial charge on any atom is -0.494 e. The minimum atomic E-state index is -0.496. The Morgan fingerprint density at radius 1 is 1.14 bits per heavy atom. The van der Waals surface area contributed by atoms with Crippen LogP contribution < -0.4 is 4.74 Å². The number of aliphatic hydroxyl groups excluding tert-OH is 1. The summed E-state index contributed by atoms with van der Waals surface area (Å²) in [6.07, 6.45) is 0.497. The quantitative estimate of drug-likeness (QED) is 0.721. The first kappa shape index (κ1) is 18.0. The Kier molecular flexibility index (Phi) is 8.35. The van der Waals surface area contributed by atoms with E-state index in [9.17, 15) is 5.11 Å². The molecule has 0 amide bonds. The van der Waals surface area contributed by atoms with Crippen LogP contribution >= 0.6 is 0 Å². The van der Waals surface area contributed by atoms with Gasteiger partial charge in [0.15, 0.2) is 0 Å². The second kappa shape index (κ2) is 9.77. The van der Waals surface area contributed by atoms with Gasteiger partial charge in [-0.05, 0) is 38.0 Å². The van der Waals surface area contributed by atoms with Gasteiger partial charge in [0.25, 0.3) is 0 Å². The molecular formula is C17H29NO3. The summed E-state index contributed by atoms with van der Waals surface area (Å²) in [6.45, 7) is 9.17. The third-order valence-corrected chi connectivity index (χ3v) is 3.46. The summed E-state index contributed by atoms with van der Waals surface area (Å²) in [5.41, 5.74) is 0.918. The van der Waals surface area contributed by atoms with Gasteiger partial charge in [-0.2, -0.15) is 0 Å². The van der Waals surface area contributed by atoms with E-state index in [-0.39, 0.29) is 0 Å². The number of nitrogens with zero attached hydrogens (tertiary/aromatic N) is 1. The monoisotopic (exact) mass is 295 g/mol. The van der Waals surface area contributed by atoms with Gasteiger partial charge in [-0.3, -0.25) is 4.90 Å². The summed E-state index contributed by atoms with van der Waals surface area (Å²) in [5.74, 6) is 0.855. The van der Waals surface area contributed by atoms with Crippen molar-refractivity contribution in [3.05, 3.63) is 29.8 Å². The Morgan fingerprint density at radius 3 is 2.33 bits per heavy atom. The molecule has 0 radical (unpaired) electrons. The molecule has 0 aromatic heterocycles. The molecule has 0 fully saturated rings. The van der Waals surface area contributed by atoms with Crippen molar-refractivity contribution in [2.24, 2.45) is 0 Å². The molecular weight excluding hydrogens is 266 g/mol. The Hall–Kier alpha value is -1.10. The molecule has 4 heteroatoms. The summed E-state index contributed by atoms with van der Waals surface area (Å²) in [6, 6.07) is 8.09. The van der Waals surface area contributed by atoms with Crippen LogP contribution in [0.4, 0.5) is 0 Å². The number of aliphatic hydroxyl groups is 1.